The van der Waals surface area contributed by atoms with Crippen LogP contribution in [-0.4, -0.2) is 17.5 Å². The molecule has 1 rings (SSSR count). The average Bonchev–Trinajstić information content (AvgIpc) is 2.08. The van der Waals surface area contributed by atoms with Crippen molar-refractivity contribution in [1.29, 1.82) is 0 Å². The van der Waals surface area contributed by atoms with E-state index in [0.29, 0.717) is 25.7 Å². The first-order valence-electron chi connectivity index (χ1n) is 5.29. The second-order valence-electron chi connectivity index (χ2n) is 5.34. The molecular weight excluding hydrogens is 202 g/mol. The maximum atomic E-state index is 12.4. The fraction of sp³-hybridized carbons (Fsp3) is 0.909. The Bertz CT molecular complexity index is 239. The molecular formula is C11H18F2O2. The van der Waals surface area contributed by atoms with E-state index in [9.17, 15) is 13.6 Å². The van der Waals surface area contributed by atoms with Crippen molar-refractivity contribution in [1.82, 2.24) is 0 Å². The Morgan fingerprint density at radius 2 is 1.73 bits per heavy atom. The number of halogens is 2. The fourth-order valence-electron chi connectivity index (χ4n) is 2.21. The van der Waals surface area contributed by atoms with E-state index in [1.807, 2.05) is 0 Å². The predicted octanol–water partition coefficient (Wildman–Crippen LogP) is 3.31. The molecule has 0 spiro atoms. The molecule has 1 saturated carbocycles. The molecule has 0 heterocycles. The summed E-state index contributed by atoms with van der Waals surface area (Å²) in [6.45, 7) is 4.11. The molecule has 0 aliphatic heterocycles. The highest BCUT2D eigenvalue weighted by atomic mass is 19.3. The number of hydrogen-bond donors (Lipinski definition) is 1. The third-order valence-corrected chi connectivity index (χ3v) is 3.56. The van der Waals surface area contributed by atoms with E-state index < -0.39 is 24.2 Å². The summed E-state index contributed by atoms with van der Waals surface area (Å²) in [6, 6.07) is 0. The first-order valence-corrected chi connectivity index (χ1v) is 5.29. The van der Waals surface area contributed by atoms with Gasteiger partial charge < -0.3 is 5.11 Å². The zero-order valence-corrected chi connectivity index (χ0v) is 9.22. The molecule has 1 N–H and O–H groups in total. The predicted molar refractivity (Wildman–Crippen MR) is 52.9 cm³/mol. The van der Waals surface area contributed by atoms with Gasteiger partial charge in [-0.25, -0.2) is 8.78 Å². The summed E-state index contributed by atoms with van der Waals surface area (Å²) in [5, 5.41) is 9.07. The van der Waals surface area contributed by atoms with E-state index >= 15 is 0 Å². The van der Waals surface area contributed by atoms with Crippen molar-refractivity contribution in [2.24, 2.45) is 10.8 Å². The largest absolute Gasteiger partial charge is 0.481 e. The molecule has 0 amide bonds. The minimum Gasteiger partial charge on any atom is -0.481 e. The lowest BCUT2D eigenvalue weighted by molar-refractivity contribution is -0.155. The summed E-state index contributed by atoms with van der Waals surface area (Å²) in [5.74, 6) is -1.06. The van der Waals surface area contributed by atoms with Crippen LogP contribution in [0.25, 0.3) is 0 Å². The van der Waals surface area contributed by atoms with Crippen molar-refractivity contribution in [2.75, 3.05) is 0 Å². The molecule has 15 heavy (non-hydrogen) atoms. The van der Waals surface area contributed by atoms with Crippen molar-refractivity contribution in [3.63, 3.8) is 0 Å². The molecule has 0 radical (unpaired) electrons. The number of hydrogen-bond acceptors (Lipinski definition) is 1. The highest BCUT2D eigenvalue weighted by molar-refractivity contribution is 5.74. The number of aliphatic carboxylic acids is 1. The average molecular weight is 220 g/mol. The summed E-state index contributed by atoms with van der Waals surface area (Å²) < 4.78 is 24.7. The monoisotopic (exact) mass is 220 g/mol. The summed E-state index contributed by atoms with van der Waals surface area (Å²) in [7, 11) is 0. The highest BCUT2D eigenvalue weighted by Crippen LogP contribution is 2.48. The van der Waals surface area contributed by atoms with Crippen LogP contribution in [0.4, 0.5) is 8.78 Å². The lowest BCUT2D eigenvalue weighted by atomic mass is 9.64. The van der Waals surface area contributed by atoms with Crippen molar-refractivity contribution in [3.8, 4) is 0 Å². The van der Waals surface area contributed by atoms with Gasteiger partial charge in [0.05, 0.1) is 5.41 Å². The van der Waals surface area contributed by atoms with Crippen LogP contribution in [0.3, 0.4) is 0 Å². The van der Waals surface area contributed by atoms with Gasteiger partial charge in [-0.1, -0.05) is 13.8 Å². The van der Waals surface area contributed by atoms with Crippen LogP contribution in [0.1, 0.15) is 46.0 Å². The van der Waals surface area contributed by atoms with Crippen molar-refractivity contribution < 1.29 is 18.7 Å². The van der Waals surface area contributed by atoms with E-state index in [-0.39, 0.29) is 5.41 Å². The normalized spacial score (nSPS) is 24.1. The lowest BCUT2D eigenvalue weighted by Gasteiger charge is -2.40. The first-order chi connectivity index (χ1) is 6.77. The maximum absolute atomic E-state index is 12.4. The van der Waals surface area contributed by atoms with Gasteiger partial charge in [-0.05, 0) is 31.1 Å². The van der Waals surface area contributed by atoms with Crippen LogP contribution in [0, 0.1) is 10.8 Å². The van der Waals surface area contributed by atoms with E-state index in [1.54, 1.807) is 0 Å². The molecule has 4 heteroatoms. The third-order valence-electron chi connectivity index (χ3n) is 3.56. The van der Waals surface area contributed by atoms with Gasteiger partial charge in [-0.3, -0.25) is 4.79 Å². The van der Waals surface area contributed by atoms with Crippen LogP contribution >= 0.6 is 0 Å². The number of alkyl halides is 2. The summed E-state index contributed by atoms with van der Waals surface area (Å²) in [5.41, 5.74) is -1.08. The second kappa shape index (κ2) is 4.06. The SMILES string of the molecule is CC1(C)CCC(CC(F)F)(C(=O)O)CC1. The molecule has 0 atom stereocenters. The molecule has 88 valence electrons. The molecule has 0 bridgehead atoms. The van der Waals surface area contributed by atoms with Gasteiger partial charge in [0.25, 0.3) is 0 Å². The first kappa shape index (κ1) is 12.4. The Labute approximate surface area is 88.7 Å². The van der Waals surface area contributed by atoms with Crippen LogP contribution in [0.5, 0.6) is 0 Å². The van der Waals surface area contributed by atoms with E-state index in [0.717, 1.165) is 0 Å². The Kier molecular flexibility index (Phi) is 3.36. The fourth-order valence-corrected chi connectivity index (χ4v) is 2.21. The van der Waals surface area contributed by atoms with Gasteiger partial charge in [0.1, 0.15) is 0 Å². The van der Waals surface area contributed by atoms with Crippen molar-refractivity contribution in [2.45, 2.75) is 52.4 Å². The topological polar surface area (TPSA) is 37.3 Å². The van der Waals surface area contributed by atoms with E-state index in [4.69, 9.17) is 5.11 Å². The van der Waals surface area contributed by atoms with Crippen molar-refractivity contribution in [3.05, 3.63) is 0 Å². The number of carboxylic acids is 1. The third kappa shape index (κ3) is 2.89. The molecule has 1 fully saturated rings. The quantitative estimate of drug-likeness (QED) is 0.792. The molecule has 1 aliphatic carbocycles. The van der Waals surface area contributed by atoms with E-state index in [2.05, 4.69) is 13.8 Å². The van der Waals surface area contributed by atoms with Crippen LogP contribution < -0.4 is 0 Å². The zero-order valence-electron chi connectivity index (χ0n) is 9.22. The summed E-state index contributed by atoms with van der Waals surface area (Å²) >= 11 is 0. The van der Waals surface area contributed by atoms with Crippen LogP contribution in [0.2, 0.25) is 0 Å². The van der Waals surface area contributed by atoms with Crippen molar-refractivity contribution >= 4 is 5.97 Å². The Balaban J connectivity index is 2.73. The number of carboxylic acid groups (broad SMARTS) is 1. The maximum Gasteiger partial charge on any atom is 0.309 e. The summed E-state index contributed by atoms with van der Waals surface area (Å²) in [4.78, 5) is 11.1. The molecule has 0 saturated heterocycles. The minimum atomic E-state index is -2.53. The van der Waals surface area contributed by atoms with Gasteiger partial charge >= 0.3 is 5.97 Å². The molecule has 0 aromatic carbocycles. The molecule has 1 aliphatic rings. The van der Waals surface area contributed by atoms with Gasteiger partial charge in [-0.15, -0.1) is 0 Å². The van der Waals surface area contributed by atoms with E-state index in [1.165, 1.54) is 0 Å². The highest BCUT2D eigenvalue weighted by Gasteiger charge is 2.45. The van der Waals surface area contributed by atoms with Gasteiger partial charge in [0.2, 0.25) is 6.43 Å². The second-order valence-corrected chi connectivity index (χ2v) is 5.34. The van der Waals surface area contributed by atoms with Crippen LogP contribution in [-0.2, 0) is 4.79 Å². The Hall–Kier alpha value is -0.670. The zero-order chi connectivity index (χ0) is 11.7. The Morgan fingerprint density at radius 3 is 2.07 bits per heavy atom. The standard InChI is InChI=1S/C11H18F2O2/c1-10(2)3-5-11(6-4-10,9(14)15)7-8(12)13/h8H,3-7H2,1-2H3,(H,14,15). The van der Waals surface area contributed by atoms with Crippen LogP contribution in [0.15, 0.2) is 0 Å². The lowest BCUT2D eigenvalue weighted by Crippen LogP contribution is -2.39. The molecule has 0 aromatic rings. The number of carbonyl (C=O) groups is 1. The smallest absolute Gasteiger partial charge is 0.309 e. The molecule has 2 nitrogen and oxygen atoms in total. The summed E-state index contributed by atoms with van der Waals surface area (Å²) in [6.07, 6.45) is -0.849. The number of rotatable bonds is 3. The molecule has 0 unspecified atom stereocenters. The van der Waals surface area contributed by atoms with Gasteiger partial charge in [0, 0.05) is 6.42 Å². The van der Waals surface area contributed by atoms with Gasteiger partial charge in [-0.2, -0.15) is 0 Å². The minimum absolute atomic E-state index is 0.0983. The Morgan fingerprint density at radius 1 is 1.27 bits per heavy atom. The molecule has 0 aromatic heterocycles. The van der Waals surface area contributed by atoms with Gasteiger partial charge in [0.15, 0.2) is 0 Å².